The van der Waals surface area contributed by atoms with Crippen LogP contribution in [0.3, 0.4) is 0 Å². The Kier molecular flexibility index (Phi) is 1.95. The van der Waals surface area contributed by atoms with Crippen LogP contribution in [-0.2, 0) is 16.1 Å². The number of ether oxygens (including phenoxy) is 1. The van der Waals surface area contributed by atoms with Crippen molar-refractivity contribution in [3.63, 3.8) is 0 Å². The molecule has 0 aliphatic carbocycles. The highest BCUT2D eigenvalue weighted by Crippen LogP contribution is 2.22. The molecule has 0 bridgehead atoms. The highest BCUT2D eigenvalue weighted by atomic mass is 16.5. The van der Waals surface area contributed by atoms with Gasteiger partial charge in [0.15, 0.2) is 0 Å². The van der Waals surface area contributed by atoms with Crippen molar-refractivity contribution in [1.29, 1.82) is 0 Å². The molecule has 6 heteroatoms. The first-order chi connectivity index (χ1) is 6.70. The van der Waals surface area contributed by atoms with E-state index in [1.54, 1.807) is 17.1 Å². The quantitative estimate of drug-likeness (QED) is 0.707. The molecule has 1 unspecified atom stereocenters. The highest BCUT2D eigenvalue weighted by molar-refractivity contribution is 5.98. The molecule has 74 valence electrons. The van der Waals surface area contributed by atoms with Gasteiger partial charge in [0.25, 0.3) is 11.9 Å². The number of amidine groups is 1. The van der Waals surface area contributed by atoms with E-state index in [0.29, 0.717) is 5.56 Å². The van der Waals surface area contributed by atoms with E-state index in [0.717, 1.165) is 6.54 Å². The Hall–Kier alpha value is -1.85. The van der Waals surface area contributed by atoms with Crippen molar-refractivity contribution < 1.29 is 9.53 Å². The molecule has 0 radical (unpaired) electrons. The fourth-order valence-electron chi connectivity index (χ4n) is 1.26. The Balaban J connectivity index is 2.21. The van der Waals surface area contributed by atoms with Crippen LogP contribution in [0, 0.1) is 0 Å². The lowest BCUT2D eigenvalue weighted by atomic mass is 10.2. The monoisotopic (exact) mass is 194 g/mol. The number of nitrogens with two attached hydrogens (primary N) is 1. The minimum atomic E-state index is -0.713. The predicted octanol–water partition coefficient (Wildman–Crippen LogP) is -0.184. The van der Waals surface area contributed by atoms with Crippen molar-refractivity contribution in [3.8, 4) is 0 Å². The van der Waals surface area contributed by atoms with Gasteiger partial charge in [-0.2, -0.15) is 10.1 Å². The summed E-state index contributed by atoms with van der Waals surface area (Å²) >= 11 is 0. The summed E-state index contributed by atoms with van der Waals surface area (Å²) < 4.78 is 6.75. The van der Waals surface area contributed by atoms with Gasteiger partial charge in [-0.1, -0.05) is 0 Å². The van der Waals surface area contributed by atoms with Gasteiger partial charge >= 0.3 is 0 Å². The van der Waals surface area contributed by atoms with E-state index in [-0.39, 0.29) is 11.9 Å². The molecule has 2 N–H and O–H groups in total. The van der Waals surface area contributed by atoms with Crippen molar-refractivity contribution in [1.82, 2.24) is 9.78 Å². The predicted molar refractivity (Wildman–Crippen MR) is 48.4 cm³/mol. The Bertz CT molecular complexity index is 396. The van der Waals surface area contributed by atoms with E-state index in [1.165, 1.54) is 0 Å². The van der Waals surface area contributed by atoms with Crippen LogP contribution in [0.4, 0.5) is 0 Å². The molecule has 14 heavy (non-hydrogen) atoms. The first-order valence-electron chi connectivity index (χ1n) is 4.27. The standard InChI is InChI=1S/C8H10N4O2/c1-2-12-4-5(3-10-12)6-7(13)11-8(9)14-6/h3-4,6H,2H2,1H3,(H2,9,11,13). The molecule has 0 spiro atoms. The summed E-state index contributed by atoms with van der Waals surface area (Å²) in [5, 5.41) is 4.03. The van der Waals surface area contributed by atoms with Crippen molar-refractivity contribution >= 4 is 11.9 Å². The molecule has 1 atom stereocenters. The lowest BCUT2D eigenvalue weighted by molar-refractivity contribution is -0.122. The lowest BCUT2D eigenvalue weighted by Crippen LogP contribution is -2.13. The summed E-state index contributed by atoms with van der Waals surface area (Å²) in [6.45, 7) is 2.70. The van der Waals surface area contributed by atoms with E-state index in [1.807, 2.05) is 6.92 Å². The summed E-state index contributed by atoms with van der Waals surface area (Å²) in [6.07, 6.45) is 2.62. The number of carbonyl (C=O) groups is 1. The number of nitrogens with zero attached hydrogens (tertiary/aromatic N) is 3. The van der Waals surface area contributed by atoms with Gasteiger partial charge in [-0.05, 0) is 6.92 Å². The Morgan fingerprint density at radius 2 is 2.50 bits per heavy atom. The number of hydrogen-bond acceptors (Lipinski definition) is 4. The lowest BCUT2D eigenvalue weighted by Gasteiger charge is -2.04. The third kappa shape index (κ3) is 1.34. The average Bonchev–Trinajstić information content (AvgIpc) is 2.71. The average molecular weight is 194 g/mol. The summed E-state index contributed by atoms with van der Waals surface area (Å²) in [5.74, 6) is -0.377. The molecule has 0 saturated heterocycles. The fourth-order valence-corrected chi connectivity index (χ4v) is 1.26. The van der Waals surface area contributed by atoms with Crippen LogP contribution in [-0.4, -0.2) is 21.7 Å². The first kappa shape index (κ1) is 8.74. The molecule has 2 heterocycles. The van der Waals surface area contributed by atoms with Crippen LogP contribution in [0.15, 0.2) is 17.4 Å². The third-order valence-electron chi connectivity index (χ3n) is 1.96. The number of carbonyl (C=O) groups excluding carboxylic acids is 1. The van der Waals surface area contributed by atoms with Crippen LogP contribution in [0.1, 0.15) is 18.6 Å². The van der Waals surface area contributed by atoms with Gasteiger partial charge in [0.1, 0.15) is 0 Å². The molecule has 1 amide bonds. The number of aliphatic imine (C=N–C) groups is 1. The van der Waals surface area contributed by atoms with Gasteiger partial charge in [0, 0.05) is 18.3 Å². The van der Waals surface area contributed by atoms with Gasteiger partial charge in [0.2, 0.25) is 6.10 Å². The Morgan fingerprint density at radius 3 is 3.00 bits per heavy atom. The van der Waals surface area contributed by atoms with Crippen molar-refractivity contribution in [2.24, 2.45) is 10.7 Å². The van der Waals surface area contributed by atoms with Crippen LogP contribution in [0.5, 0.6) is 0 Å². The fraction of sp³-hybridized carbons (Fsp3) is 0.375. The highest BCUT2D eigenvalue weighted by Gasteiger charge is 2.30. The van der Waals surface area contributed by atoms with E-state index in [9.17, 15) is 4.79 Å². The third-order valence-corrected chi connectivity index (χ3v) is 1.96. The second-order valence-corrected chi connectivity index (χ2v) is 2.92. The zero-order valence-electron chi connectivity index (χ0n) is 7.67. The molecule has 1 aliphatic heterocycles. The molecule has 0 saturated carbocycles. The number of aromatic nitrogens is 2. The normalized spacial score (nSPS) is 20.8. The smallest absolute Gasteiger partial charge is 0.296 e. The van der Waals surface area contributed by atoms with Gasteiger partial charge in [0.05, 0.1) is 6.20 Å². The molecule has 1 aromatic rings. The largest absolute Gasteiger partial charge is 0.446 e. The Morgan fingerprint density at radius 1 is 1.71 bits per heavy atom. The molecular weight excluding hydrogens is 184 g/mol. The van der Waals surface area contributed by atoms with E-state index in [2.05, 4.69) is 10.1 Å². The summed E-state index contributed by atoms with van der Waals surface area (Å²) in [5.41, 5.74) is 5.95. The van der Waals surface area contributed by atoms with Gasteiger partial charge in [-0.25, -0.2) is 0 Å². The maximum absolute atomic E-state index is 11.3. The van der Waals surface area contributed by atoms with Crippen LogP contribution in [0.25, 0.3) is 0 Å². The Labute approximate surface area is 80.4 Å². The topological polar surface area (TPSA) is 82.5 Å². The van der Waals surface area contributed by atoms with Gasteiger partial charge in [-0.3, -0.25) is 9.48 Å². The van der Waals surface area contributed by atoms with Crippen molar-refractivity contribution in [2.75, 3.05) is 0 Å². The summed E-state index contributed by atoms with van der Waals surface area (Å²) in [6, 6.07) is -0.0794. The number of amides is 1. The summed E-state index contributed by atoms with van der Waals surface area (Å²) in [7, 11) is 0. The van der Waals surface area contributed by atoms with Crippen molar-refractivity contribution in [2.45, 2.75) is 19.6 Å². The van der Waals surface area contributed by atoms with E-state index < -0.39 is 6.10 Å². The first-order valence-corrected chi connectivity index (χ1v) is 4.27. The molecule has 0 aromatic carbocycles. The van der Waals surface area contributed by atoms with Crippen LogP contribution in [0.2, 0.25) is 0 Å². The summed E-state index contributed by atoms with van der Waals surface area (Å²) in [4.78, 5) is 14.7. The van der Waals surface area contributed by atoms with Crippen LogP contribution < -0.4 is 5.73 Å². The minimum Gasteiger partial charge on any atom is -0.446 e. The SMILES string of the molecule is CCn1cc(C2OC(N)=NC2=O)cn1. The maximum atomic E-state index is 11.3. The molecule has 6 nitrogen and oxygen atoms in total. The van der Waals surface area contributed by atoms with Crippen LogP contribution >= 0.6 is 0 Å². The zero-order chi connectivity index (χ0) is 10.1. The second kappa shape index (κ2) is 3.13. The molecule has 2 rings (SSSR count). The van der Waals surface area contributed by atoms with E-state index >= 15 is 0 Å². The second-order valence-electron chi connectivity index (χ2n) is 2.92. The minimum absolute atomic E-state index is 0.0794. The number of rotatable bonds is 2. The molecule has 1 aliphatic rings. The number of aryl methyl sites for hydroxylation is 1. The van der Waals surface area contributed by atoms with Gasteiger partial charge < -0.3 is 10.5 Å². The molecular formula is C8H10N4O2. The molecule has 0 fully saturated rings. The van der Waals surface area contributed by atoms with Gasteiger partial charge in [-0.15, -0.1) is 0 Å². The van der Waals surface area contributed by atoms with Crippen molar-refractivity contribution in [3.05, 3.63) is 18.0 Å². The maximum Gasteiger partial charge on any atom is 0.296 e. The number of hydrogen-bond donors (Lipinski definition) is 1. The zero-order valence-corrected chi connectivity index (χ0v) is 7.67. The van der Waals surface area contributed by atoms with E-state index in [4.69, 9.17) is 10.5 Å². The molecule has 1 aromatic heterocycles.